The summed E-state index contributed by atoms with van der Waals surface area (Å²) >= 11 is 0. The van der Waals surface area contributed by atoms with Gasteiger partial charge in [0.25, 0.3) is 0 Å². The van der Waals surface area contributed by atoms with Crippen LogP contribution < -0.4 is 10.6 Å². The standard InChI is InChI=1S/C27H36N2O3/c1-4-8-23(22-9-6-7-10-24(22)29-17-15-19(3)16-18-29)25(26(28)30)20-11-13-21(14-12-20)27(31)32-5-2/h6-7,9-14,19,23,25H,4-5,8,15-18H2,1-3H3,(H2,28,30). The van der Waals surface area contributed by atoms with Crippen molar-refractivity contribution in [2.75, 3.05) is 24.6 Å². The number of carbonyl (C=O) groups is 2. The van der Waals surface area contributed by atoms with Crippen molar-refractivity contribution in [1.29, 1.82) is 0 Å². The first-order chi connectivity index (χ1) is 15.5. The summed E-state index contributed by atoms with van der Waals surface area (Å²) < 4.78 is 5.09. The molecular formula is C27H36N2O3. The van der Waals surface area contributed by atoms with Crippen molar-refractivity contribution in [2.24, 2.45) is 11.7 Å². The first kappa shape index (κ1) is 23.8. The molecule has 1 amide bonds. The summed E-state index contributed by atoms with van der Waals surface area (Å²) in [6, 6.07) is 15.6. The van der Waals surface area contributed by atoms with Crippen LogP contribution in [0.2, 0.25) is 0 Å². The molecule has 0 bridgehead atoms. The van der Waals surface area contributed by atoms with Crippen LogP contribution in [0.4, 0.5) is 5.69 Å². The average Bonchev–Trinajstić information content (AvgIpc) is 2.80. The van der Waals surface area contributed by atoms with Gasteiger partial charge in [-0.1, -0.05) is 50.6 Å². The van der Waals surface area contributed by atoms with Gasteiger partial charge in [-0.2, -0.15) is 0 Å². The molecule has 2 aromatic rings. The summed E-state index contributed by atoms with van der Waals surface area (Å²) in [5.41, 5.74) is 9.70. The van der Waals surface area contributed by atoms with E-state index in [1.165, 1.54) is 24.1 Å². The molecule has 1 saturated heterocycles. The van der Waals surface area contributed by atoms with Gasteiger partial charge in [0.15, 0.2) is 0 Å². The van der Waals surface area contributed by atoms with Crippen molar-refractivity contribution in [1.82, 2.24) is 0 Å². The molecule has 2 atom stereocenters. The molecule has 1 heterocycles. The highest BCUT2D eigenvalue weighted by atomic mass is 16.5. The summed E-state index contributed by atoms with van der Waals surface area (Å²) in [4.78, 5) is 27.3. The lowest BCUT2D eigenvalue weighted by atomic mass is 9.77. The molecule has 2 aromatic carbocycles. The molecule has 172 valence electrons. The Morgan fingerprint density at radius 3 is 2.31 bits per heavy atom. The van der Waals surface area contributed by atoms with Crippen LogP contribution in [0, 0.1) is 5.92 Å². The quantitative estimate of drug-likeness (QED) is 0.545. The zero-order valence-electron chi connectivity index (χ0n) is 19.5. The monoisotopic (exact) mass is 436 g/mol. The first-order valence-corrected chi connectivity index (χ1v) is 11.9. The van der Waals surface area contributed by atoms with Crippen LogP contribution in [0.15, 0.2) is 48.5 Å². The summed E-state index contributed by atoms with van der Waals surface area (Å²) in [5, 5.41) is 0. The van der Waals surface area contributed by atoms with Gasteiger partial charge in [-0.05, 0) is 61.4 Å². The molecule has 5 heteroatoms. The van der Waals surface area contributed by atoms with E-state index in [0.717, 1.165) is 37.4 Å². The third kappa shape index (κ3) is 5.50. The Bertz CT molecular complexity index is 901. The lowest BCUT2D eigenvalue weighted by Gasteiger charge is -2.36. The van der Waals surface area contributed by atoms with Crippen molar-refractivity contribution in [3.8, 4) is 0 Å². The Morgan fingerprint density at radius 1 is 1.06 bits per heavy atom. The Hall–Kier alpha value is -2.82. The Kier molecular flexibility index (Phi) is 8.32. The number of rotatable bonds is 9. The molecule has 3 rings (SSSR count). The van der Waals surface area contributed by atoms with E-state index in [-0.39, 0.29) is 17.8 Å². The molecule has 0 aromatic heterocycles. The fourth-order valence-corrected chi connectivity index (χ4v) is 4.79. The Labute approximate surface area is 191 Å². The number of piperidine rings is 1. The largest absolute Gasteiger partial charge is 0.462 e. The third-order valence-corrected chi connectivity index (χ3v) is 6.55. The maximum Gasteiger partial charge on any atom is 0.338 e. The number of carbonyl (C=O) groups excluding carboxylic acids is 2. The van der Waals surface area contributed by atoms with E-state index in [0.29, 0.717) is 12.2 Å². The number of ether oxygens (including phenoxy) is 1. The van der Waals surface area contributed by atoms with E-state index in [9.17, 15) is 9.59 Å². The van der Waals surface area contributed by atoms with Gasteiger partial charge in [-0.15, -0.1) is 0 Å². The van der Waals surface area contributed by atoms with Crippen LogP contribution in [0.3, 0.4) is 0 Å². The maximum absolute atomic E-state index is 12.8. The highest BCUT2D eigenvalue weighted by Crippen LogP contribution is 2.41. The van der Waals surface area contributed by atoms with Crippen LogP contribution >= 0.6 is 0 Å². The molecule has 0 spiro atoms. The Morgan fingerprint density at radius 2 is 1.72 bits per heavy atom. The van der Waals surface area contributed by atoms with Crippen LogP contribution in [-0.2, 0) is 9.53 Å². The van der Waals surface area contributed by atoms with Crippen molar-refractivity contribution in [3.63, 3.8) is 0 Å². The number of para-hydroxylation sites is 1. The third-order valence-electron chi connectivity index (χ3n) is 6.55. The number of amides is 1. The Balaban J connectivity index is 1.97. The topological polar surface area (TPSA) is 72.6 Å². The minimum atomic E-state index is -0.462. The first-order valence-electron chi connectivity index (χ1n) is 11.9. The van der Waals surface area contributed by atoms with Gasteiger partial charge in [0.2, 0.25) is 5.91 Å². The molecular weight excluding hydrogens is 400 g/mol. The molecule has 0 radical (unpaired) electrons. The van der Waals surface area contributed by atoms with Crippen molar-refractivity contribution in [2.45, 2.75) is 58.3 Å². The second-order valence-corrected chi connectivity index (χ2v) is 8.85. The van der Waals surface area contributed by atoms with Crippen LogP contribution in [-0.4, -0.2) is 31.6 Å². The fraction of sp³-hybridized carbons (Fsp3) is 0.481. The van der Waals surface area contributed by atoms with E-state index in [1.807, 2.05) is 12.1 Å². The van der Waals surface area contributed by atoms with Crippen LogP contribution in [0.5, 0.6) is 0 Å². The number of hydrogen-bond donors (Lipinski definition) is 1. The number of primary amides is 1. The van der Waals surface area contributed by atoms with E-state index < -0.39 is 5.92 Å². The molecule has 32 heavy (non-hydrogen) atoms. The highest BCUT2D eigenvalue weighted by molar-refractivity contribution is 5.90. The molecule has 5 nitrogen and oxygen atoms in total. The highest BCUT2D eigenvalue weighted by Gasteiger charge is 2.32. The predicted octanol–water partition coefficient (Wildman–Crippen LogP) is 5.25. The second-order valence-electron chi connectivity index (χ2n) is 8.85. The smallest absolute Gasteiger partial charge is 0.338 e. The lowest BCUT2D eigenvalue weighted by Crippen LogP contribution is -2.34. The number of esters is 1. The molecule has 2 N–H and O–H groups in total. The molecule has 1 fully saturated rings. The number of anilines is 1. The molecule has 2 unspecified atom stereocenters. The zero-order chi connectivity index (χ0) is 23.1. The van der Waals surface area contributed by atoms with E-state index in [2.05, 4.69) is 43.0 Å². The van der Waals surface area contributed by atoms with E-state index in [1.54, 1.807) is 19.1 Å². The number of benzene rings is 2. The minimum absolute atomic E-state index is 0.0264. The normalized spacial score (nSPS) is 16.4. The molecule has 0 aliphatic carbocycles. The molecule has 1 aliphatic rings. The van der Waals surface area contributed by atoms with Crippen LogP contribution in [0.25, 0.3) is 0 Å². The fourth-order valence-electron chi connectivity index (χ4n) is 4.79. The van der Waals surface area contributed by atoms with Gasteiger partial charge in [0, 0.05) is 24.7 Å². The SMILES string of the molecule is CCCC(c1ccccc1N1CCC(C)CC1)C(C(N)=O)c1ccc(C(=O)OCC)cc1. The summed E-state index contributed by atoms with van der Waals surface area (Å²) in [7, 11) is 0. The zero-order valence-corrected chi connectivity index (χ0v) is 19.5. The van der Waals surface area contributed by atoms with Gasteiger partial charge >= 0.3 is 5.97 Å². The van der Waals surface area contributed by atoms with E-state index >= 15 is 0 Å². The summed E-state index contributed by atoms with van der Waals surface area (Å²) in [6.07, 6.45) is 4.16. The van der Waals surface area contributed by atoms with Crippen LogP contribution in [0.1, 0.15) is 79.8 Å². The summed E-state index contributed by atoms with van der Waals surface area (Å²) in [5.74, 6) is -0.433. The minimum Gasteiger partial charge on any atom is -0.462 e. The molecule has 1 aliphatic heterocycles. The predicted molar refractivity (Wildman–Crippen MR) is 129 cm³/mol. The summed E-state index contributed by atoms with van der Waals surface area (Å²) in [6.45, 7) is 8.63. The van der Waals surface area contributed by atoms with Gasteiger partial charge < -0.3 is 15.4 Å². The maximum atomic E-state index is 12.8. The van der Waals surface area contributed by atoms with Gasteiger partial charge in [0.05, 0.1) is 18.1 Å². The van der Waals surface area contributed by atoms with Crippen molar-refractivity contribution >= 4 is 17.6 Å². The number of hydrogen-bond acceptors (Lipinski definition) is 4. The van der Waals surface area contributed by atoms with Crippen molar-refractivity contribution < 1.29 is 14.3 Å². The van der Waals surface area contributed by atoms with E-state index in [4.69, 9.17) is 10.5 Å². The average molecular weight is 437 g/mol. The number of nitrogens with two attached hydrogens (primary N) is 1. The van der Waals surface area contributed by atoms with Gasteiger partial charge in [-0.25, -0.2) is 4.79 Å². The molecule has 0 saturated carbocycles. The van der Waals surface area contributed by atoms with Crippen molar-refractivity contribution in [3.05, 3.63) is 65.2 Å². The number of nitrogens with zero attached hydrogens (tertiary/aromatic N) is 1. The second kappa shape index (κ2) is 11.2. The van der Waals surface area contributed by atoms with Gasteiger partial charge in [0.1, 0.15) is 0 Å². The van der Waals surface area contributed by atoms with Gasteiger partial charge in [-0.3, -0.25) is 4.79 Å². The lowest BCUT2D eigenvalue weighted by molar-refractivity contribution is -0.120.